The normalized spacial score (nSPS) is 12.1. The highest BCUT2D eigenvalue weighted by Crippen LogP contribution is 2.38. The first kappa shape index (κ1) is 32.0. The van der Waals surface area contributed by atoms with Crippen LogP contribution in [-0.4, -0.2) is 9.13 Å². The van der Waals surface area contributed by atoms with E-state index in [0.29, 0.717) is 0 Å². The topological polar surface area (TPSA) is 9.86 Å². The van der Waals surface area contributed by atoms with Crippen LogP contribution in [0.4, 0.5) is 0 Å². The smallest absolute Gasteiger partial charge is 0.0547 e. The molecular weight excluding hydrogens is 677 g/mol. The molecule has 262 valence electrons. The minimum atomic E-state index is 1.16. The molecule has 9 aromatic carbocycles. The van der Waals surface area contributed by atoms with Crippen LogP contribution >= 0.6 is 0 Å². The lowest BCUT2D eigenvalue weighted by Crippen LogP contribution is -1.93. The van der Waals surface area contributed by atoms with Crippen LogP contribution in [0.1, 0.15) is 22.3 Å². The van der Waals surface area contributed by atoms with Crippen molar-refractivity contribution in [1.29, 1.82) is 0 Å². The Hall–Kier alpha value is -7.42. The number of nitrogens with zero attached hydrogens (tertiary/aromatic N) is 2. The maximum atomic E-state index is 2.38. The van der Waals surface area contributed by atoms with Crippen molar-refractivity contribution in [3.8, 4) is 11.4 Å². The van der Waals surface area contributed by atoms with Crippen LogP contribution in [0.15, 0.2) is 194 Å². The Bertz CT molecular complexity index is 3060. The van der Waals surface area contributed by atoms with Gasteiger partial charge in [0.15, 0.2) is 0 Å². The number of rotatable bonds is 6. The van der Waals surface area contributed by atoms with Gasteiger partial charge in [-0.3, -0.25) is 0 Å². The minimum Gasteiger partial charge on any atom is -0.309 e. The molecule has 56 heavy (non-hydrogen) atoms. The second-order valence-corrected chi connectivity index (χ2v) is 14.5. The summed E-state index contributed by atoms with van der Waals surface area (Å²) >= 11 is 0. The fourth-order valence-corrected chi connectivity index (χ4v) is 8.81. The van der Waals surface area contributed by atoms with Crippen molar-refractivity contribution in [2.24, 2.45) is 0 Å². The van der Waals surface area contributed by atoms with Crippen LogP contribution in [0.5, 0.6) is 0 Å². The molecule has 2 heteroatoms. The summed E-state index contributed by atoms with van der Waals surface area (Å²) in [6, 6.07) is 70.1. The van der Waals surface area contributed by atoms with E-state index in [9.17, 15) is 0 Å². The summed E-state index contributed by atoms with van der Waals surface area (Å²) in [7, 11) is 0. The maximum absolute atomic E-state index is 2.38. The Morgan fingerprint density at radius 2 is 0.571 bits per heavy atom. The molecule has 2 nitrogen and oxygen atoms in total. The molecule has 0 saturated carbocycles. The zero-order valence-electron chi connectivity index (χ0n) is 30.7. The van der Waals surface area contributed by atoms with Gasteiger partial charge >= 0.3 is 0 Å². The maximum Gasteiger partial charge on any atom is 0.0547 e. The number of hydrogen-bond donors (Lipinski definition) is 0. The van der Waals surface area contributed by atoms with Gasteiger partial charge in [-0.2, -0.15) is 0 Å². The number of para-hydroxylation sites is 4. The highest BCUT2D eigenvalue weighted by Gasteiger charge is 2.15. The largest absolute Gasteiger partial charge is 0.309 e. The Balaban J connectivity index is 1.03. The third kappa shape index (κ3) is 5.19. The molecule has 0 aliphatic rings. The van der Waals surface area contributed by atoms with Crippen LogP contribution in [-0.2, 0) is 0 Å². The Labute approximate surface area is 325 Å². The van der Waals surface area contributed by atoms with Gasteiger partial charge in [0.1, 0.15) is 0 Å². The molecule has 0 N–H and O–H groups in total. The van der Waals surface area contributed by atoms with E-state index in [1.54, 1.807) is 0 Å². The summed E-state index contributed by atoms with van der Waals surface area (Å²) in [6.07, 6.45) is 9.17. The van der Waals surface area contributed by atoms with E-state index in [0.717, 1.165) is 11.1 Å². The van der Waals surface area contributed by atoms with Gasteiger partial charge in [0.2, 0.25) is 0 Å². The van der Waals surface area contributed by atoms with Gasteiger partial charge in [0.05, 0.1) is 22.1 Å². The molecule has 0 aliphatic carbocycles. The summed E-state index contributed by atoms with van der Waals surface area (Å²) in [5.41, 5.74) is 12.0. The highest BCUT2D eigenvalue weighted by molar-refractivity contribution is 6.15. The summed E-state index contributed by atoms with van der Waals surface area (Å²) in [5, 5.41) is 10.00. The number of hydrogen-bond acceptors (Lipinski definition) is 0. The predicted octanol–water partition coefficient (Wildman–Crippen LogP) is 14.5. The summed E-state index contributed by atoms with van der Waals surface area (Å²) in [5.74, 6) is 0. The summed E-state index contributed by atoms with van der Waals surface area (Å²) < 4.78 is 4.76. The summed E-state index contributed by atoms with van der Waals surface area (Å²) in [6.45, 7) is 0. The number of fused-ring (bicyclic) bond motifs is 8. The third-order valence-electron chi connectivity index (χ3n) is 11.3. The van der Waals surface area contributed by atoms with E-state index in [2.05, 4.69) is 228 Å². The second-order valence-electron chi connectivity index (χ2n) is 14.5. The van der Waals surface area contributed by atoms with Crippen molar-refractivity contribution >= 4 is 89.5 Å². The van der Waals surface area contributed by atoms with E-state index < -0.39 is 0 Å². The van der Waals surface area contributed by atoms with Crippen LogP contribution in [0.2, 0.25) is 0 Å². The van der Waals surface area contributed by atoms with Crippen LogP contribution in [0, 0.1) is 0 Å². The van der Waals surface area contributed by atoms with E-state index in [1.165, 1.54) is 87.7 Å². The summed E-state index contributed by atoms with van der Waals surface area (Å²) in [4.78, 5) is 0. The predicted molar refractivity (Wildman–Crippen MR) is 241 cm³/mol. The molecule has 2 heterocycles. The van der Waals surface area contributed by atoms with Crippen molar-refractivity contribution in [2.75, 3.05) is 0 Å². The zero-order valence-corrected chi connectivity index (χ0v) is 30.7. The lowest BCUT2D eigenvalue weighted by atomic mass is 9.90. The van der Waals surface area contributed by atoms with Crippen molar-refractivity contribution in [3.63, 3.8) is 0 Å². The number of benzene rings is 9. The van der Waals surface area contributed by atoms with Crippen LogP contribution in [0.3, 0.4) is 0 Å². The van der Waals surface area contributed by atoms with Crippen molar-refractivity contribution in [2.45, 2.75) is 0 Å². The molecule has 11 aromatic rings. The van der Waals surface area contributed by atoms with E-state index in [1.807, 2.05) is 0 Å². The fraction of sp³-hybridized carbons (Fsp3) is 0. The molecule has 0 saturated heterocycles. The van der Waals surface area contributed by atoms with E-state index >= 15 is 0 Å². The van der Waals surface area contributed by atoms with Gasteiger partial charge in [0, 0.05) is 32.9 Å². The van der Waals surface area contributed by atoms with Gasteiger partial charge < -0.3 is 9.13 Å². The first-order valence-corrected chi connectivity index (χ1v) is 19.3. The molecule has 0 unspecified atom stereocenters. The minimum absolute atomic E-state index is 1.16. The highest BCUT2D eigenvalue weighted by atomic mass is 15.0. The average molecular weight is 713 g/mol. The molecule has 0 radical (unpaired) electrons. The molecule has 0 atom stereocenters. The third-order valence-corrected chi connectivity index (χ3v) is 11.3. The molecule has 0 bridgehead atoms. The molecule has 0 fully saturated rings. The lowest BCUT2D eigenvalue weighted by molar-refractivity contribution is 1.18. The Morgan fingerprint density at radius 3 is 0.964 bits per heavy atom. The van der Waals surface area contributed by atoms with Crippen LogP contribution < -0.4 is 0 Å². The lowest BCUT2D eigenvalue weighted by Gasteiger charge is -2.13. The molecular formula is C54H36N2. The monoisotopic (exact) mass is 712 g/mol. The van der Waals surface area contributed by atoms with Crippen molar-refractivity contribution in [1.82, 2.24) is 9.13 Å². The second kappa shape index (κ2) is 13.2. The van der Waals surface area contributed by atoms with Gasteiger partial charge in [-0.15, -0.1) is 0 Å². The van der Waals surface area contributed by atoms with E-state index in [4.69, 9.17) is 0 Å². The van der Waals surface area contributed by atoms with Crippen molar-refractivity contribution in [3.05, 3.63) is 216 Å². The van der Waals surface area contributed by atoms with E-state index in [-0.39, 0.29) is 0 Å². The van der Waals surface area contributed by atoms with Gasteiger partial charge in [-0.25, -0.2) is 0 Å². The van der Waals surface area contributed by atoms with Gasteiger partial charge in [-0.05, 0) is 92.3 Å². The van der Waals surface area contributed by atoms with Crippen molar-refractivity contribution < 1.29 is 0 Å². The first-order chi connectivity index (χ1) is 27.8. The van der Waals surface area contributed by atoms with Gasteiger partial charge in [-0.1, -0.05) is 170 Å². The SMILES string of the molecule is C(=C\c1c2ccccc2c(/C=C/c2ccc3c4ccccc4n(-c4ccccc4)c3c2)c2ccccc12)/c1ccc2c3ccccc3n(-c3ccccc3)c2c1. The molecule has 11 rings (SSSR count). The number of aromatic nitrogens is 2. The Kier molecular flexibility index (Phi) is 7.53. The van der Waals surface area contributed by atoms with Gasteiger partial charge in [0.25, 0.3) is 0 Å². The standard InChI is InChI=1S/C54H36N2/c1-3-15-39(16-4-1)55-51-25-13-11-23-47(51)49-33-29-37(35-53(49)55)27-31-45-41-19-7-9-21-43(41)46(44-22-10-8-20-42(44)45)32-28-38-30-34-50-48-24-12-14-26-52(48)56(54(50)36-38)40-17-5-2-6-18-40/h1-36H/b31-27+,32-28+. The average Bonchev–Trinajstić information content (AvgIpc) is 3.77. The molecule has 0 aliphatic heterocycles. The quantitative estimate of drug-likeness (QED) is 0.120. The first-order valence-electron chi connectivity index (χ1n) is 19.3. The van der Waals surface area contributed by atoms with Crippen LogP contribution in [0.25, 0.3) is 101 Å². The fourth-order valence-electron chi connectivity index (χ4n) is 8.81. The molecule has 2 aromatic heterocycles. The molecule has 0 spiro atoms. The zero-order chi connectivity index (χ0) is 37.0. The Morgan fingerprint density at radius 1 is 0.250 bits per heavy atom. The molecule has 0 amide bonds.